The van der Waals surface area contributed by atoms with Crippen LogP contribution in [0.3, 0.4) is 0 Å². The molecular formula is C20H20ClNO7. The minimum absolute atomic E-state index is 0.110. The van der Waals surface area contributed by atoms with Crippen LogP contribution in [0.1, 0.15) is 41.0 Å². The van der Waals surface area contributed by atoms with Gasteiger partial charge < -0.3 is 14.2 Å². The van der Waals surface area contributed by atoms with Gasteiger partial charge in [0, 0.05) is 17.7 Å². The Morgan fingerprint density at radius 1 is 1.07 bits per heavy atom. The van der Waals surface area contributed by atoms with Gasteiger partial charge >= 0.3 is 5.97 Å². The zero-order valence-corrected chi connectivity index (χ0v) is 16.7. The molecular weight excluding hydrogens is 402 g/mol. The standard InChI is InChI=1S/C20H20ClNO7/c1-3-9-28-19-16(21)10-14(11-18(19)27-4-2)20(24)29-12-17(23)13-5-7-15(8-6-13)22(25)26/h5-8,10-11H,3-4,9,12H2,1-2H3. The molecule has 0 aliphatic heterocycles. The molecule has 0 aliphatic carbocycles. The van der Waals surface area contributed by atoms with Gasteiger partial charge in [-0.05, 0) is 37.6 Å². The van der Waals surface area contributed by atoms with Crippen LogP contribution < -0.4 is 9.47 Å². The molecule has 0 radical (unpaired) electrons. The topological polar surface area (TPSA) is 105 Å². The molecule has 8 nitrogen and oxygen atoms in total. The predicted molar refractivity (Wildman–Crippen MR) is 106 cm³/mol. The normalized spacial score (nSPS) is 10.3. The van der Waals surface area contributed by atoms with Gasteiger partial charge in [0.15, 0.2) is 23.9 Å². The van der Waals surface area contributed by atoms with Gasteiger partial charge in [-0.3, -0.25) is 14.9 Å². The predicted octanol–water partition coefficient (Wildman–Crippen LogP) is 4.48. The smallest absolute Gasteiger partial charge is 0.338 e. The van der Waals surface area contributed by atoms with Crippen LogP contribution in [0, 0.1) is 10.1 Å². The van der Waals surface area contributed by atoms with E-state index >= 15 is 0 Å². The van der Waals surface area contributed by atoms with Crippen molar-refractivity contribution >= 4 is 29.0 Å². The maximum atomic E-state index is 12.3. The highest BCUT2D eigenvalue weighted by Gasteiger charge is 2.19. The molecule has 154 valence electrons. The van der Waals surface area contributed by atoms with E-state index in [0.29, 0.717) is 24.7 Å². The number of hydrogen-bond acceptors (Lipinski definition) is 7. The molecule has 0 amide bonds. The van der Waals surface area contributed by atoms with Crippen molar-refractivity contribution in [3.05, 3.63) is 62.7 Å². The quantitative estimate of drug-likeness (QED) is 0.241. The number of hydrogen-bond donors (Lipinski definition) is 0. The van der Waals surface area contributed by atoms with E-state index in [2.05, 4.69) is 0 Å². The second kappa shape index (κ2) is 10.4. The number of ketones is 1. The van der Waals surface area contributed by atoms with Gasteiger partial charge in [0.1, 0.15) is 0 Å². The lowest BCUT2D eigenvalue weighted by atomic mass is 10.1. The van der Waals surface area contributed by atoms with Gasteiger partial charge in [-0.15, -0.1) is 0 Å². The summed E-state index contributed by atoms with van der Waals surface area (Å²) in [7, 11) is 0. The van der Waals surface area contributed by atoms with Crippen LogP contribution in [0.4, 0.5) is 5.69 Å². The number of rotatable bonds is 10. The zero-order chi connectivity index (χ0) is 21.4. The molecule has 0 saturated carbocycles. The first kappa shape index (κ1) is 22.2. The number of Topliss-reactive ketones (excluding diaryl/α,β-unsaturated/α-hetero) is 1. The number of carbonyl (C=O) groups excluding carboxylic acids is 2. The Morgan fingerprint density at radius 2 is 1.76 bits per heavy atom. The molecule has 0 atom stereocenters. The lowest BCUT2D eigenvalue weighted by molar-refractivity contribution is -0.384. The molecule has 29 heavy (non-hydrogen) atoms. The number of non-ortho nitro benzene ring substituents is 1. The Balaban J connectivity index is 2.09. The summed E-state index contributed by atoms with van der Waals surface area (Å²) in [6.07, 6.45) is 0.774. The van der Waals surface area contributed by atoms with Gasteiger partial charge in [-0.25, -0.2) is 4.79 Å². The Labute approximate surface area is 172 Å². The second-order valence-electron chi connectivity index (χ2n) is 5.87. The largest absolute Gasteiger partial charge is 0.490 e. The minimum Gasteiger partial charge on any atom is -0.490 e. The molecule has 0 heterocycles. The Bertz CT molecular complexity index is 896. The first-order valence-electron chi connectivity index (χ1n) is 8.91. The number of halogens is 1. The fourth-order valence-corrected chi connectivity index (χ4v) is 2.63. The maximum absolute atomic E-state index is 12.3. The van der Waals surface area contributed by atoms with Crippen molar-refractivity contribution in [2.45, 2.75) is 20.3 Å². The van der Waals surface area contributed by atoms with Crippen molar-refractivity contribution in [2.24, 2.45) is 0 Å². The molecule has 0 saturated heterocycles. The minimum atomic E-state index is -0.759. The molecule has 2 rings (SSSR count). The van der Waals surface area contributed by atoms with E-state index in [1.54, 1.807) is 6.92 Å². The molecule has 0 spiro atoms. The number of nitro groups is 1. The summed E-state index contributed by atoms with van der Waals surface area (Å²) < 4.78 is 16.1. The lowest BCUT2D eigenvalue weighted by Crippen LogP contribution is -2.14. The van der Waals surface area contributed by atoms with Crippen molar-refractivity contribution in [1.82, 2.24) is 0 Å². The summed E-state index contributed by atoms with van der Waals surface area (Å²) >= 11 is 6.21. The number of nitrogens with zero attached hydrogens (tertiary/aromatic N) is 1. The summed E-state index contributed by atoms with van der Waals surface area (Å²) in [5, 5.41) is 10.9. The molecule has 0 aliphatic rings. The first-order valence-corrected chi connectivity index (χ1v) is 9.29. The van der Waals surface area contributed by atoms with Crippen LogP contribution in [-0.4, -0.2) is 36.5 Å². The van der Waals surface area contributed by atoms with Gasteiger partial charge in [0.25, 0.3) is 5.69 Å². The van der Waals surface area contributed by atoms with E-state index in [-0.39, 0.29) is 21.8 Å². The fourth-order valence-electron chi connectivity index (χ4n) is 2.36. The van der Waals surface area contributed by atoms with Gasteiger partial charge in [0.05, 0.1) is 28.7 Å². The molecule has 2 aromatic carbocycles. The monoisotopic (exact) mass is 421 g/mol. The number of benzene rings is 2. The van der Waals surface area contributed by atoms with Gasteiger partial charge in [0.2, 0.25) is 0 Å². The van der Waals surface area contributed by atoms with Gasteiger partial charge in [-0.2, -0.15) is 0 Å². The van der Waals surface area contributed by atoms with Crippen LogP contribution in [0.15, 0.2) is 36.4 Å². The third-order valence-corrected chi connectivity index (χ3v) is 4.01. The summed E-state index contributed by atoms with van der Waals surface area (Å²) in [6.45, 7) is 3.99. The Morgan fingerprint density at radius 3 is 2.34 bits per heavy atom. The van der Waals surface area contributed by atoms with Crippen LogP contribution in [0.25, 0.3) is 0 Å². The van der Waals surface area contributed by atoms with E-state index in [0.717, 1.165) is 6.42 Å². The summed E-state index contributed by atoms with van der Waals surface area (Å²) in [6, 6.07) is 7.85. The molecule has 0 bridgehead atoms. The second-order valence-corrected chi connectivity index (χ2v) is 6.28. The fraction of sp³-hybridized carbons (Fsp3) is 0.300. The van der Waals surface area contributed by atoms with Crippen molar-refractivity contribution in [1.29, 1.82) is 0 Å². The molecule has 9 heteroatoms. The summed E-state index contributed by atoms with van der Waals surface area (Å²) in [5.74, 6) is -0.603. The van der Waals surface area contributed by atoms with E-state index in [9.17, 15) is 19.7 Å². The zero-order valence-electron chi connectivity index (χ0n) is 16.0. The number of nitro benzene ring substituents is 1. The highest BCUT2D eigenvalue weighted by molar-refractivity contribution is 6.32. The van der Waals surface area contributed by atoms with Crippen molar-refractivity contribution in [2.75, 3.05) is 19.8 Å². The SMILES string of the molecule is CCCOc1c(Cl)cc(C(=O)OCC(=O)c2ccc([N+](=O)[O-])cc2)cc1OCC. The van der Waals surface area contributed by atoms with Crippen molar-refractivity contribution in [3.8, 4) is 11.5 Å². The van der Waals surface area contributed by atoms with E-state index in [4.69, 9.17) is 25.8 Å². The third kappa shape index (κ3) is 5.92. The maximum Gasteiger partial charge on any atom is 0.338 e. The van der Waals surface area contributed by atoms with Gasteiger partial charge in [-0.1, -0.05) is 18.5 Å². The van der Waals surface area contributed by atoms with E-state index in [1.807, 2.05) is 6.92 Å². The first-order chi connectivity index (χ1) is 13.9. The highest BCUT2D eigenvalue weighted by atomic mass is 35.5. The number of esters is 1. The summed E-state index contributed by atoms with van der Waals surface area (Å²) in [4.78, 5) is 34.6. The average molecular weight is 422 g/mol. The Kier molecular flexibility index (Phi) is 7.97. The average Bonchev–Trinajstić information content (AvgIpc) is 2.71. The molecule has 2 aromatic rings. The molecule has 0 aromatic heterocycles. The molecule has 0 fully saturated rings. The molecule has 0 N–H and O–H groups in total. The number of ether oxygens (including phenoxy) is 3. The van der Waals surface area contributed by atoms with Crippen LogP contribution in [-0.2, 0) is 4.74 Å². The van der Waals surface area contributed by atoms with Crippen LogP contribution >= 0.6 is 11.6 Å². The number of carbonyl (C=O) groups is 2. The third-order valence-electron chi connectivity index (χ3n) is 3.73. The van der Waals surface area contributed by atoms with Crippen molar-refractivity contribution in [3.63, 3.8) is 0 Å². The van der Waals surface area contributed by atoms with Crippen LogP contribution in [0.2, 0.25) is 5.02 Å². The van der Waals surface area contributed by atoms with Crippen LogP contribution in [0.5, 0.6) is 11.5 Å². The van der Waals surface area contributed by atoms with Crippen molar-refractivity contribution < 1.29 is 28.7 Å². The highest BCUT2D eigenvalue weighted by Crippen LogP contribution is 2.37. The summed E-state index contributed by atoms with van der Waals surface area (Å²) in [5.41, 5.74) is 0.167. The lowest BCUT2D eigenvalue weighted by Gasteiger charge is -2.14. The van der Waals surface area contributed by atoms with E-state index < -0.39 is 23.3 Å². The Hall–Kier alpha value is -3.13. The molecule has 0 unspecified atom stereocenters. The van der Waals surface area contributed by atoms with E-state index in [1.165, 1.54) is 36.4 Å².